The van der Waals surface area contributed by atoms with Crippen molar-refractivity contribution in [3.8, 4) is 5.75 Å². The summed E-state index contributed by atoms with van der Waals surface area (Å²) in [6.07, 6.45) is 3.59. The van der Waals surface area contributed by atoms with Gasteiger partial charge in [0.25, 0.3) is 0 Å². The van der Waals surface area contributed by atoms with Crippen LogP contribution in [0.3, 0.4) is 0 Å². The second-order valence-corrected chi connectivity index (χ2v) is 5.42. The zero-order valence-electron chi connectivity index (χ0n) is 11.2. The molecule has 0 fully saturated rings. The number of benzene rings is 1. The molecule has 0 amide bonds. The van der Waals surface area contributed by atoms with Gasteiger partial charge in [-0.3, -0.25) is 4.98 Å². The van der Waals surface area contributed by atoms with Gasteiger partial charge in [-0.15, -0.1) is 0 Å². The Morgan fingerprint density at radius 1 is 1.06 bits per heavy atom. The maximum Gasteiger partial charge on any atom is 0.119 e. The van der Waals surface area contributed by atoms with Crippen LogP contribution in [0, 0.1) is 0 Å². The van der Waals surface area contributed by atoms with Crippen molar-refractivity contribution in [2.75, 3.05) is 0 Å². The minimum absolute atomic E-state index is 0.182. The highest BCUT2D eigenvalue weighted by molar-refractivity contribution is 5.31. The van der Waals surface area contributed by atoms with Crippen LogP contribution in [-0.4, -0.2) is 4.98 Å². The first kappa shape index (κ1) is 12.6. The van der Waals surface area contributed by atoms with E-state index in [1.807, 2.05) is 30.5 Å². The molecule has 0 bridgehead atoms. The maximum absolute atomic E-state index is 5.72. The van der Waals surface area contributed by atoms with Crippen molar-refractivity contribution >= 4 is 0 Å². The molecule has 0 aliphatic heterocycles. The topological polar surface area (TPSA) is 22.1 Å². The summed E-state index contributed by atoms with van der Waals surface area (Å²) in [4.78, 5) is 4.06. The number of hydrogen-bond acceptors (Lipinski definition) is 2. The molecule has 0 unspecified atom stereocenters. The third kappa shape index (κ3) is 3.33. The Morgan fingerprint density at radius 3 is 2.33 bits per heavy atom. The molecule has 0 atom stereocenters. The molecule has 0 N–H and O–H groups in total. The standard InChI is InChI=1S/C16H19NO/c1-16(2,3)14-6-8-15(9-7-14)18-12-13-5-4-10-17-11-13/h4-11H,12H2,1-3H3. The predicted molar refractivity (Wildman–Crippen MR) is 73.7 cm³/mol. The SMILES string of the molecule is CC(C)(C)c1ccc(OCc2cccnc2)cc1. The molecule has 0 aliphatic carbocycles. The number of pyridine rings is 1. The van der Waals surface area contributed by atoms with Crippen molar-refractivity contribution in [3.05, 3.63) is 59.9 Å². The van der Waals surface area contributed by atoms with Gasteiger partial charge in [0.05, 0.1) is 0 Å². The van der Waals surface area contributed by atoms with Gasteiger partial charge < -0.3 is 4.74 Å². The lowest BCUT2D eigenvalue weighted by Crippen LogP contribution is -2.10. The minimum Gasteiger partial charge on any atom is -0.489 e. The fourth-order valence-corrected chi connectivity index (χ4v) is 1.70. The molecule has 0 saturated carbocycles. The van der Waals surface area contributed by atoms with E-state index in [2.05, 4.69) is 37.9 Å². The lowest BCUT2D eigenvalue weighted by atomic mass is 9.87. The Labute approximate surface area is 109 Å². The zero-order chi connectivity index (χ0) is 13.0. The summed E-state index contributed by atoms with van der Waals surface area (Å²) < 4.78 is 5.72. The van der Waals surface area contributed by atoms with E-state index < -0.39 is 0 Å². The molecule has 2 rings (SSSR count). The number of nitrogens with zero attached hydrogens (tertiary/aromatic N) is 1. The van der Waals surface area contributed by atoms with Crippen LogP contribution in [0.1, 0.15) is 31.9 Å². The summed E-state index contributed by atoms with van der Waals surface area (Å²) in [6, 6.07) is 12.2. The quantitative estimate of drug-likeness (QED) is 0.811. The normalized spacial score (nSPS) is 11.3. The minimum atomic E-state index is 0.182. The molecule has 2 nitrogen and oxygen atoms in total. The van der Waals surface area contributed by atoms with Crippen LogP contribution in [0.25, 0.3) is 0 Å². The van der Waals surface area contributed by atoms with Crippen LogP contribution in [0.5, 0.6) is 5.75 Å². The van der Waals surface area contributed by atoms with E-state index in [1.165, 1.54) is 5.56 Å². The Kier molecular flexibility index (Phi) is 3.66. The van der Waals surface area contributed by atoms with Crippen LogP contribution < -0.4 is 4.74 Å². The van der Waals surface area contributed by atoms with Crippen molar-refractivity contribution in [1.29, 1.82) is 0 Å². The van der Waals surface area contributed by atoms with Gasteiger partial charge in [-0.25, -0.2) is 0 Å². The molecule has 2 heteroatoms. The van der Waals surface area contributed by atoms with Gasteiger partial charge in [-0.1, -0.05) is 39.0 Å². The van der Waals surface area contributed by atoms with Gasteiger partial charge in [-0.05, 0) is 29.2 Å². The average Bonchev–Trinajstić information content (AvgIpc) is 2.37. The summed E-state index contributed by atoms with van der Waals surface area (Å²) in [7, 11) is 0. The number of aromatic nitrogens is 1. The highest BCUT2D eigenvalue weighted by Gasteiger charge is 2.12. The second kappa shape index (κ2) is 5.21. The van der Waals surface area contributed by atoms with Crippen molar-refractivity contribution in [1.82, 2.24) is 4.98 Å². The molecule has 0 aliphatic rings. The van der Waals surface area contributed by atoms with E-state index in [0.717, 1.165) is 11.3 Å². The summed E-state index contributed by atoms with van der Waals surface area (Å²) in [5.74, 6) is 0.895. The van der Waals surface area contributed by atoms with Crippen molar-refractivity contribution < 1.29 is 4.74 Å². The lowest BCUT2D eigenvalue weighted by molar-refractivity contribution is 0.305. The van der Waals surface area contributed by atoms with E-state index >= 15 is 0 Å². The fraction of sp³-hybridized carbons (Fsp3) is 0.312. The van der Waals surface area contributed by atoms with Crippen LogP contribution in [0.15, 0.2) is 48.8 Å². The van der Waals surface area contributed by atoms with Crippen LogP contribution in [0.4, 0.5) is 0 Å². The Hall–Kier alpha value is -1.83. The Balaban J connectivity index is 1.99. The highest BCUT2D eigenvalue weighted by Crippen LogP contribution is 2.24. The predicted octanol–water partition coefficient (Wildman–Crippen LogP) is 3.96. The van der Waals surface area contributed by atoms with Gasteiger partial charge >= 0.3 is 0 Å². The van der Waals surface area contributed by atoms with Crippen LogP contribution in [-0.2, 0) is 12.0 Å². The highest BCUT2D eigenvalue weighted by atomic mass is 16.5. The largest absolute Gasteiger partial charge is 0.489 e. The maximum atomic E-state index is 5.72. The van der Waals surface area contributed by atoms with Crippen LogP contribution in [0.2, 0.25) is 0 Å². The monoisotopic (exact) mass is 241 g/mol. The third-order valence-electron chi connectivity index (χ3n) is 2.85. The first-order chi connectivity index (χ1) is 8.55. The molecule has 18 heavy (non-hydrogen) atoms. The van der Waals surface area contributed by atoms with E-state index in [-0.39, 0.29) is 5.41 Å². The lowest BCUT2D eigenvalue weighted by Gasteiger charge is -2.19. The summed E-state index contributed by atoms with van der Waals surface area (Å²) >= 11 is 0. The number of rotatable bonds is 3. The molecular formula is C16H19NO. The second-order valence-electron chi connectivity index (χ2n) is 5.42. The van der Waals surface area contributed by atoms with E-state index in [1.54, 1.807) is 6.20 Å². The molecule has 0 saturated heterocycles. The van der Waals surface area contributed by atoms with Gasteiger partial charge in [-0.2, -0.15) is 0 Å². The van der Waals surface area contributed by atoms with Gasteiger partial charge in [0.2, 0.25) is 0 Å². The molecule has 1 heterocycles. The summed E-state index contributed by atoms with van der Waals surface area (Å²) in [6.45, 7) is 7.18. The van der Waals surface area contributed by atoms with Crippen LogP contribution >= 0.6 is 0 Å². The first-order valence-corrected chi connectivity index (χ1v) is 6.18. The van der Waals surface area contributed by atoms with Crippen molar-refractivity contribution in [2.45, 2.75) is 32.8 Å². The molecule has 94 valence electrons. The Bertz CT molecular complexity index is 483. The average molecular weight is 241 g/mol. The molecular weight excluding hydrogens is 222 g/mol. The third-order valence-corrected chi connectivity index (χ3v) is 2.85. The van der Waals surface area contributed by atoms with Gasteiger partial charge in [0.1, 0.15) is 12.4 Å². The van der Waals surface area contributed by atoms with E-state index in [9.17, 15) is 0 Å². The molecule has 1 aromatic heterocycles. The van der Waals surface area contributed by atoms with Crippen molar-refractivity contribution in [3.63, 3.8) is 0 Å². The molecule has 0 radical (unpaired) electrons. The number of hydrogen-bond donors (Lipinski definition) is 0. The molecule has 0 spiro atoms. The van der Waals surface area contributed by atoms with E-state index in [4.69, 9.17) is 4.74 Å². The molecule has 2 aromatic rings. The van der Waals surface area contributed by atoms with Gasteiger partial charge in [0, 0.05) is 18.0 Å². The summed E-state index contributed by atoms with van der Waals surface area (Å²) in [5.41, 5.74) is 2.58. The summed E-state index contributed by atoms with van der Waals surface area (Å²) in [5, 5.41) is 0. The Morgan fingerprint density at radius 2 is 1.78 bits per heavy atom. The smallest absolute Gasteiger partial charge is 0.119 e. The molecule has 1 aromatic carbocycles. The van der Waals surface area contributed by atoms with Gasteiger partial charge in [0.15, 0.2) is 0 Å². The van der Waals surface area contributed by atoms with E-state index in [0.29, 0.717) is 6.61 Å². The van der Waals surface area contributed by atoms with Crippen molar-refractivity contribution in [2.24, 2.45) is 0 Å². The zero-order valence-corrected chi connectivity index (χ0v) is 11.2. The first-order valence-electron chi connectivity index (χ1n) is 6.18. The number of ether oxygens (including phenoxy) is 1. The fourth-order valence-electron chi connectivity index (χ4n) is 1.70.